The van der Waals surface area contributed by atoms with Gasteiger partial charge in [0, 0.05) is 42.7 Å². The molecule has 1 N–H and O–H groups in total. The van der Waals surface area contributed by atoms with Crippen LogP contribution in [0.4, 0.5) is 5.69 Å². The van der Waals surface area contributed by atoms with Gasteiger partial charge in [0.2, 0.25) is 11.8 Å². The zero-order valence-corrected chi connectivity index (χ0v) is 16.4. The van der Waals surface area contributed by atoms with Gasteiger partial charge in [-0.2, -0.15) is 0 Å². The smallest absolute Gasteiger partial charge is 0.228 e. The van der Waals surface area contributed by atoms with Crippen LogP contribution in [0.3, 0.4) is 0 Å². The summed E-state index contributed by atoms with van der Waals surface area (Å²) in [6.07, 6.45) is 4.46. The maximum atomic E-state index is 12.9. The van der Waals surface area contributed by atoms with Gasteiger partial charge in [-0.1, -0.05) is 0 Å². The average Bonchev–Trinajstić information content (AvgIpc) is 3.21. The molecule has 0 radical (unpaired) electrons. The molecule has 3 rings (SSSR count). The van der Waals surface area contributed by atoms with Crippen molar-refractivity contribution in [3.63, 3.8) is 0 Å². The van der Waals surface area contributed by atoms with Gasteiger partial charge in [0.05, 0.1) is 5.92 Å². The van der Waals surface area contributed by atoms with E-state index in [4.69, 9.17) is 0 Å². The van der Waals surface area contributed by atoms with E-state index in [1.54, 1.807) is 16.7 Å². The maximum absolute atomic E-state index is 12.9. The first-order valence-electron chi connectivity index (χ1n) is 8.53. The zero-order valence-electron chi connectivity index (χ0n) is 14.7. The van der Waals surface area contributed by atoms with Gasteiger partial charge in [-0.3, -0.25) is 9.59 Å². The number of hydrogen-bond donors (Lipinski definition) is 1. The van der Waals surface area contributed by atoms with Crippen molar-refractivity contribution in [3.05, 3.63) is 24.3 Å². The second kappa shape index (κ2) is 8.92. The van der Waals surface area contributed by atoms with Crippen molar-refractivity contribution in [1.29, 1.82) is 0 Å². The van der Waals surface area contributed by atoms with Gasteiger partial charge < -0.3 is 15.1 Å². The third kappa shape index (κ3) is 4.30. The molecule has 0 saturated carbocycles. The van der Waals surface area contributed by atoms with Crippen LogP contribution in [0.1, 0.15) is 19.3 Å². The molecule has 5 nitrogen and oxygen atoms in total. The molecule has 2 aliphatic rings. The van der Waals surface area contributed by atoms with E-state index in [1.165, 1.54) is 4.90 Å². The van der Waals surface area contributed by atoms with Crippen LogP contribution in [0, 0.1) is 5.92 Å². The molecule has 2 saturated heterocycles. The minimum Gasteiger partial charge on any atom is -0.338 e. The molecule has 2 fully saturated rings. The molecular formula is C18H26ClN3O2S. The Morgan fingerprint density at radius 1 is 1.32 bits per heavy atom. The predicted molar refractivity (Wildman–Crippen MR) is 105 cm³/mol. The van der Waals surface area contributed by atoms with E-state index >= 15 is 0 Å². The van der Waals surface area contributed by atoms with Gasteiger partial charge >= 0.3 is 0 Å². The van der Waals surface area contributed by atoms with Gasteiger partial charge in [-0.05, 0) is 50.4 Å². The number of carbonyl (C=O) groups excluding carboxylic acids is 2. The van der Waals surface area contributed by atoms with Crippen LogP contribution in [0.15, 0.2) is 29.2 Å². The molecule has 0 spiro atoms. The van der Waals surface area contributed by atoms with E-state index in [0.29, 0.717) is 13.0 Å². The monoisotopic (exact) mass is 383 g/mol. The topological polar surface area (TPSA) is 52.7 Å². The minimum absolute atomic E-state index is 0. The summed E-state index contributed by atoms with van der Waals surface area (Å²) in [5, 5.41) is 3.17. The van der Waals surface area contributed by atoms with E-state index in [-0.39, 0.29) is 36.2 Å². The van der Waals surface area contributed by atoms with E-state index < -0.39 is 0 Å². The largest absolute Gasteiger partial charge is 0.338 e. The number of rotatable bonds is 5. The number of nitrogens with one attached hydrogen (secondary N) is 1. The summed E-state index contributed by atoms with van der Waals surface area (Å²) in [5.74, 6) is -0.0193. The molecule has 0 aromatic heterocycles. The lowest BCUT2D eigenvalue weighted by Crippen LogP contribution is -2.44. The fraction of sp³-hybridized carbons (Fsp3) is 0.556. The van der Waals surface area contributed by atoms with Crippen LogP contribution in [0.2, 0.25) is 0 Å². The summed E-state index contributed by atoms with van der Waals surface area (Å²) < 4.78 is 0. The minimum atomic E-state index is -0.213. The SMILES string of the molecule is CNCC1CCCN1C(=O)C1CC(=O)N(c2ccc(SC)cc2)C1.Cl. The van der Waals surface area contributed by atoms with E-state index in [2.05, 4.69) is 5.32 Å². The lowest BCUT2D eigenvalue weighted by Gasteiger charge is -2.27. The summed E-state index contributed by atoms with van der Waals surface area (Å²) in [6.45, 7) is 2.14. The van der Waals surface area contributed by atoms with Crippen LogP contribution in [0.25, 0.3) is 0 Å². The van der Waals surface area contributed by atoms with Crippen molar-refractivity contribution in [2.45, 2.75) is 30.2 Å². The second-order valence-electron chi connectivity index (χ2n) is 6.49. The Morgan fingerprint density at radius 3 is 2.68 bits per heavy atom. The first-order chi connectivity index (χ1) is 11.6. The van der Waals surface area contributed by atoms with Crippen LogP contribution >= 0.6 is 24.2 Å². The van der Waals surface area contributed by atoms with Crippen LogP contribution in [-0.2, 0) is 9.59 Å². The summed E-state index contributed by atoms with van der Waals surface area (Å²) in [5.41, 5.74) is 0.890. The number of nitrogens with zero attached hydrogens (tertiary/aromatic N) is 2. The summed E-state index contributed by atoms with van der Waals surface area (Å²) in [7, 11) is 1.92. The first kappa shape index (κ1) is 20.1. The molecule has 2 aliphatic heterocycles. The Morgan fingerprint density at radius 2 is 2.04 bits per heavy atom. The van der Waals surface area contributed by atoms with Crippen molar-refractivity contribution >= 4 is 41.7 Å². The number of hydrogen-bond acceptors (Lipinski definition) is 4. The Bertz CT molecular complexity index is 611. The standard InChI is InChI=1S/C18H25N3O2S.ClH/c1-19-11-15-4-3-9-20(15)18(23)13-10-17(22)21(12-13)14-5-7-16(24-2)8-6-14;/h5-8,13,15,19H,3-4,9-12H2,1-2H3;1H. The van der Waals surface area contributed by atoms with Gasteiger partial charge in [0.1, 0.15) is 0 Å². The van der Waals surface area contributed by atoms with Crippen molar-refractivity contribution in [2.75, 3.05) is 37.8 Å². The third-order valence-electron chi connectivity index (χ3n) is 4.96. The number of thioether (sulfide) groups is 1. The zero-order chi connectivity index (χ0) is 17.1. The Labute approximate surface area is 159 Å². The van der Waals surface area contributed by atoms with Crippen LogP contribution in [-0.4, -0.2) is 55.7 Å². The van der Waals surface area contributed by atoms with Crippen LogP contribution in [0.5, 0.6) is 0 Å². The lowest BCUT2D eigenvalue weighted by molar-refractivity contribution is -0.136. The van der Waals surface area contributed by atoms with Gasteiger partial charge in [0.25, 0.3) is 0 Å². The molecule has 7 heteroatoms. The molecule has 1 aromatic rings. The highest BCUT2D eigenvalue weighted by molar-refractivity contribution is 7.98. The molecule has 2 amide bonds. The number of amides is 2. The molecule has 1 aromatic carbocycles. The van der Waals surface area contributed by atoms with E-state index in [9.17, 15) is 9.59 Å². The third-order valence-corrected chi connectivity index (χ3v) is 5.70. The number of benzene rings is 1. The Balaban J connectivity index is 0.00000225. The molecule has 0 aliphatic carbocycles. The maximum Gasteiger partial charge on any atom is 0.228 e. The lowest BCUT2D eigenvalue weighted by atomic mass is 10.1. The van der Waals surface area contributed by atoms with Gasteiger partial charge in [-0.25, -0.2) is 0 Å². The average molecular weight is 384 g/mol. The molecule has 0 bridgehead atoms. The van der Waals surface area contributed by atoms with Crippen molar-refractivity contribution < 1.29 is 9.59 Å². The quantitative estimate of drug-likeness (QED) is 0.793. The molecule has 2 heterocycles. The fourth-order valence-electron chi connectivity index (χ4n) is 3.69. The number of halogens is 1. The van der Waals surface area contributed by atoms with Crippen LogP contribution < -0.4 is 10.2 Å². The summed E-state index contributed by atoms with van der Waals surface area (Å²) in [6, 6.07) is 8.25. The number of carbonyl (C=O) groups is 2. The highest BCUT2D eigenvalue weighted by Gasteiger charge is 2.40. The fourth-order valence-corrected chi connectivity index (χ4v) is 4.10. The van der Waals surface area contributed by atoms with E-state index in [1.807, 2.05) is 42.5 Å². The highest BCUT2D eigenvalue weighted by Crippen LogP contribution is 2.29. The molecular weight excluding hydrogens is 358 g/mol. The number of likely N-dealkylation sites (N-methyl/N-ethyl adjacent to an activating group) is 1. The van der Waals surface area contributed by atoms with Crippen molar-refractivity contribution in [1.82, 2.24) is 10.2 Å². The highest BCUT2D eigenvalue weighted by atomic mass is 35.5. The van der Waals surface area contributed by atoms with Gasteiger partial charge in [0.15, 0.2) is 0 Å². The Kier molecular flexibility index (Phi) is 7.16. The summed E-state index contributed by atoms with van der Waals surface area (Å²) in [4.78, 5) is 30.2. The Hall–Kier alpha value is -1.24. The number of likely N-dealkylation sites (tertiary alicyclic amines) is 1. The second-order valence-corrected chi connectivity index (χ2v) is 7.37. The van der Waals surface area contributed by atoms with Gasteiger partial charge in [-0.15, -0.1) is 24.2 Å². The molecule has 25 heavy (non-hydrogen) atoms. The van der Waals surface area contributed by atoms with Crippen molar-refractivity contribution in [3.8, 4) is 0 Å². The van der Waals surface area contributed by atoms with Crippen molar-refractivity contribution in [2.24, 2.45) is 5.92 Å². The summed E-state index contributed by atoms with van der Waals surface area (Å²) >= 11 is 1.68. The molecule has 2 atom stereocenters. The van der Waals surface area contributed by atoms with E-state index in [0.717, 1.165) is 31.6 Å². The molecule has 138 valence electrons. The molecule has 2 unspecified atom stereocenters. The normalized spacial score (nSPS) is 23.0. The number of anilines is 1. The predicted octanol–water partition coefficient (Wildman–Crippen LogP) is 2.39. The first-order valence-corrected chi connectivity index (χ1v) is 9.76.